The molecule has 23 heavy (non-hydrogen) atoms. The van der Waals surface area contributed by atoms with Crippen LogP contribution in [0.5, 0.6) is 0 Å². The highest BCUT2D eigenvalue weighted by atomic mass is 14.3. The first-order valence-corrected chi connectivity index (χ1v) is 10.1. The summed E-state index contributed by atoms with van der Waals surface area (Å²) in [7, 11) is 0. The SMILES string of the molecule is CCCCC1CC=C(c2ccc([C@H]3CC[C@H](C)CC3)cc2)CC1. The third kappa shape index (κ3) is 4.49. The van der Waals surface area contributed by atoms with Gasteiger partial charge in [-0.05, 0) is 66.6 Å². The fourth-order valence-electron chi connectivity index (χ4n) is 4.47. The standard InChI is InChI=1S/C23H34/c1-3-4-5-19-8-12-21(13-9-19)23-16-14-22(15-17-23)20-10-6-18(2)7-11-20/h12,14-20H,3-11,13H2,1-2H3/t18-,19?,20-. The van der Waals surface area contributed by atoms with E-state index in [2.05, 4.69) is 44.2 Å². The summed E-state index contributed by atoms with van der Waals surface area (Å²) in [5.41, 5.74) is 4.66. The Morgan fingerprint density at radius 3 is 2.30 bits per heavy atom. The highest BCUT2D eigenvalue weighted by Crippen LogP contribution is 2.37. The second kappa shape index (κ2) is 8.18. The second-order valence-electron chi connectivity index (χ2n) is 8.09. The van der Waals surface area contributed by atoms with Crippen LogP contribution in [0.3, 0.4) is 0 Å². The van der Waals surface area contributed by atoms with E-state index >= 15 is 0 Å². The molecule has 0 amide bonds. The first-order chi connectivity index (χ1) is 11.3. The normalized spacial score (nSPS) is 28.4. The van der Waals surface area contributed by atoms with Crippen LogP contribution in [0.4, 0.5) is 0 Å². The van der Waals surface area contributed by atoms with Crippen LogP contribution < -0.4 is 0 Å². The van der Waals surface area contributed by atoms with Crippen LogP contribution in [0.2, 0.25) is 0 Å². The van der Waals surface area contributed by atoms with Crippen molar-refractivity contribution >= 4 is 5.57 Å². The summed E-state index contributed by atoms with van der Waals surface area (Å²) in [5, 5.41) is 0. The fourth-order valence-corrected chi connectivity index (χ4v) is 4.47. The van der Waals surface area contributed by atoms with Gasteiger partial charge in [0.05, 0.1) is 0 Å². The number of hydrogen-bond acceptors (Lipinski definition) is 0. The van der Waals surface area contributed by atoms with Crippen molar-refractivity contribution in [3.05, 3.63) is 41.5 Å². The van der Waals surface area contributed by atoms with Crippen LogP contribution in [0, 0.1) is 11.8 Å². The lowest BCUT2D eigenvalue weighted by atomic mass is 9.79. The summed E-state index contributed by atoms with van der Waals surface area (Å²) in [6, 6.07) is 9.62. The Kier molecular flexibility index (Phi) is 5.97. The summed E-state index contributed by atoms with van der Waals surface area (Å²) < 4.78 is 0. The molecule has 0 heterocycles. The van der Waals surface area contributed by atoms with Crippen molar-refractivity contribution < 1.29 is 0 Å². The van der Waals surface area contributed by atoms with Gasteiger partial charge in [0.25, 0.3) is 0 Å². The summed E-state index contributed by atoms with van der Waals surface area (Å²) >= 11 is 0. The van der Waals surface area contributed by atoms with Crippen molar-refractivity contribution in [2.24, 2.45) is 11.8 Å². The third-order valence-electron chi connectivity index (χ3n) is 6.25. The van der Waals surface area contributed by atoms with Gasteiger partial charge in [-0.25, -0.2) is 0 Å². The van der Waals surface area contributed by atoms with Crippen LogP contribution in [0.15, 0.2) is 30.3 Å². The van der Waals surface area contributed by atoms with Gasteiger partial charge >= 0.3 is 0 Å². The van der Waals surface area contributed by atoms with Crippen molar-refractivity contribution in [3.8, 4) is 0 Å². The molecule has 0 bridgehead atoms. The van der Waals surface area contributed by atoms with E-state index in [9.17, 15) is 0 Å². The largest absolute Gasteiger partial charge is 0.0804 e. The number of rotatable bonds is 5. The van der Waals surface area contributed by atoms with Crippen molar-refractivity contribution in [1.29, 1.82) is 0 Å². The molecule has 2 aliphatic carbocycles. The number of allylic oxidation sites excluding steroid dienone is 2. The minimum absolute atomic E-state index is 0.819. The van der Waals surface area contributed by atoms with Crippen molar-refractivity contribution in [1.82, 2.24) is 0 Å². The van der Waals surface area contributed by atoms with E-state index in [1.807, 2.05) is 0 Å². The molecule has 0 nitrogen and oxygen atoms in total. The smallest absolute Gasteiger partial charge is 0.0162 e. The van der Waals surface area contributed by atoms with Gasteiger partial charge in [0.2, 0.25) is 0 Å². The lowest BCUT2D eigenvalue weighted by molar-refractivity contribution is 0.348. The van der Waals surface area contributed by atoms with Gasteiger partial charge in [0, 0.05) is 0 Å². The first-order valence-electron chi connectivity index (χ1n) is 10.1. The fraction of sp³-hybridized carbons (Fsp3) is 0.652. The average Bonchev–Trinajstić information content (AvgIpc) is 2.61. The van der Waals surface area contributed by atoms with Crippen LogP contribution in [-0.4, -0.2) is 0 Å². The molecule has 0 radical (unpaired) electrons. The lowest BCUT2D eigenvalue weighted by Crippen LogP contribution is -2.10. The number of hydrogen-bond donors (Lipinski definition) is 0. The van der Waals surface area contributed by atoms with E-state index < -0.39 is 0 Å². The maximum atomic E-state index is 2.53. The van der Waals surface area contributed by atoms with E-state index in [4.69, 9.17) is 0 Å². The van der Waals surface area contributed by atoms with Crippen LogP contribution in [-0.2, 0) is 0 Å². The number of benzene rings is 1. The van der Waals surface area contributed by atoms with Gasteiger partial charge in [-0.3, -0.25) is 0 Å². The molecule has 126 valence electrons. The van der Waals surface area contributed by atoms with Crippen LogP contribution in [0.25, 0.3) is 5.57 Å². The molecule has 1 fully saturated rings. The molecular formula is C23H34. The highest BCUT2D eigenvalue weighted by Gasteiger charge is 2.20. The molecule has 0 aliphatic heterocycles. The number of unbranched alkanes of at least 4 members (excludes halogenated alkanes) is 1. The molecule has 1 aromatic rings. The minimum atomic E-state index is 0.819. The van der Waals surface area contributed by atoms with Gasteiger partial charge in [-0.2, -0.15) is 0 Å². The van der Waals surface area contributed by atoms with Gasteiger partial charge < -0.3 is 0 Å². The first kappa shape index (κ1) is 16.8. The van der Waals surface area contributed by atoms with Crippen molar-refractivity contribution in [2.75, 3.05) is 0 Å². The Balaban J connectivity index is 1.58. The Hall–Kier alpha value is -1.04. The summed E-state index contributed by atoms with van der Waals surface area (Å²) in [4.78, 5) is 0. The van der Waals surface area contributed by atoms with E-state index in [0.29, 0.717) is 0 Å². The molecule has 1 unspecified atom stereocenters. The molecule has 0 N–H and O–H groups in total. The molecular weight excluding hydrogens is 276 g/mol. The van der Waals surface area contributed by atoms with Gasteiger partial charge in [0.15, 0.2) is 0 Å². The third-order valence-corrected chi connectivity index (χ3v) is 6.25. The van der Waals surface area contributed by atoms with Gasteiger partial charge in [-0.1, -0.05) is 76.3 Å². The zero-order valence-electron chi connectivity index (χ0n) is 15.2. The zero-order chi connectivity index (χ0) is 16.1. The predicted octanol–water partition coefficient (Wildman–Crippen LogP) is 7.35. The maximum absolute atomic E-state index is 2.53. The molecule has 3 rings (SSSR count). The Morgan fingerprint density at radius 2 is 1.70 bits per heavy atom. The minimum Gasteiger partial charge on any atom is -0.0804 e. The Bertz CT molecular complexity index is 499. The van der Waals surface area contributed by atoms with Gasteiger partial charge in [0.1, 0.15) is 0 Å². The molecule has 1 atom stereocenters. The average molecular weight is 311 g/mol. The van der Waals surface area contributed by atoms with Gasteiger partial charge in [-0.15, -0.1) is 0 Å². The molecule has 0 aromatic heterocycles. The summed E-state index contributed by atoms with van der Waals surface area (Å²) in [6.45, 7) is 4.71. The molecule has 0 saturated heterocycles. The zero-order valence-corrected chi connectivity index (χ0v) is 15.2. The van der Waals surface area contributed by atoms with E-state index in [1.54, 1.807) is 11.1 Å². The van der Waals surface area contributed by atoms with E-state index in [0.717, 1.165) is 17.8 Å². The van der Waals surface area contributed by atoms with Crippen LogP contribution in [0.1, 0.15) is 95.1 Å². The molecule has 1 aromatic carbocycles. The van der Waals surface area contributed by atoms with E-state index in [1.165, 1.54) is 69.8 Å². The topological polar surface area (TPSA) is 0 Å². The molecule has 1 saturated carbocycles. The molecule has 0 heteroatoms. The highest BCUT2D eigenvalue weighted by molar-refractivity contribution is 5.66. The lowest BCUT2D eigenvalue weighted by Gasteiger charge is -2.27. The second-order valence-corrected chi connectivity index (χ2v) is 8.09. The Morgan fingerprint density at radius 1 is 0.957 bits per heavy atom. The summed E-state index contributed by atoms with van der Waals surface area (Å²) in [5.74, 6) is 2.71. The summed E-state index contributed by atoms with van der Waals surface area (Å²) in [6.07, 6.45) is 16.3. The Labute approximate surface area is 143 Å². The molecule has 0 spiro atoms. The van der Waals surface area contributed by atoms with E-state index in [-0.39, 0.29) is 0 Å². The monoisotopic (exact) mass is 310 g/mol. The quantitative estimate of drug-likeness (QED) is 0.533. The molecule has 2 aliphatic rings. The van der Waals surface area contributed by atoms with Crippen molar-refractivity contribution in [2.45, 2.75) is 84.0 Å². The maximum Gasteiger partial charge on any atom is -0.0162 e. The predicted molar refractivity (Wildman–Crippen MR) is 102 cm³/mol. The van der Waals surface area contributed by atoms with Crippen molar-refractivity contribution in [3.63, 3.8) is 0 Å². The van der Waals surface area contributed by atoms with Crippen LogP contribution >= 0.6 is 0 Å².